The van der Waals surface area contributed by atoms with Crippen LogP contribution in [0.25, 0.3) is 6.08 Å². The third-order valence-corrected chi connectivity index (χ3v) is 3.78. The van der Waals surface area contributed by atoms with Gasteiger partial charge in [0.15, 0.2) is 0 Å². The molecule has 1 saturated heterocycles. The van der Waals surface area contributed by atoms with Gasteiger partial charge in [0, 0.05) is 26.3 Å². The van der Waals surface area contributed by atoms with Gasteiger partial charge in [0.1, 0.15) is 0 Å². The van der Waals surface area contributed by atoms with Crippen LogP contribution in [0.1, 0.15) is 31.2 Å². The van der Waals surface area contributed by atoms with Crippen LogP contribution in [-0.4, -0.2) is 38.6 Å². The molecule has 0 N–H and O–H groups in total. The van der Waals surface area contributed by atoms with E-state index in [1.807, 2.05) is 0 Å². The van der Waals surface area contributed by atoms with Crippen molar-refractivity contribution in [2.45, 2.75) is 25.7 Å². The van der Waals surface area contributed by atoms with Crippen molar-refractivity contribution in [2.24, 2.45) is 0 Å². The molecule has 1 heterocycles. The van der Waals surface area contributed by atoms with Gasteiger partial charge in [0.2, 0.25) is 0 Å². The topological polar surface area (TPSA) is 6.48 Å². The Morgan fingerprint density at radius 1 is 1.00 bits per heavy atom. The third kappa shape index (κ3) is 4.71. The first-order valence-electron chi connectivity index (χ1n) is 7.42. The fraction of sp³-hybridized carbons (Fsp3) is 0.529. The fourth-order valence-corrected chi connectivity index (χ4v) is 2.54. The largest absolute Gasteiger partial charge is 0.378 e. The first kappa shape index (κ1) is 14.1. The smallest absolute Gasteiger partial charge is 0.0361 e. The van der Waals surface area contributed by atoms with E-state index in [1.54, 1.807) is 0 Å². The molecule has 0 aliphatic carbocycles. The van der Waals surface area contributed by atoms with Gasteiger partial charge in [-0.1, -0.05) is 37.1 Å². The quantitative estimate of drug-likeness (QED) is 0.813. The van der Waals surface area contributed by atoms with Gasteiger partial charge < -0.3 is 4.90 Å². The molecule has 1 aliphatic rings. The van der Waals surface area contributed by atoms with E-state index in [1.165, 1.54) is 50.0 Å². The van der Waals surface area contributed by atoms with Gasteiger partial charge >= 0.3 is 0 Å². The van der Waals surface area contributed by atoms with Crippen LogP contribution in [0, 0.1) is 0 Å². The SMILES string of the molecule is CN(C)c1ccc(C=CCN2CCCCCC2)cc1. The highest BCUT2D eigenvalue weighted by Gasteiger charge is 2.06. The van der Waals surface area contributed by atoms with Crippen LogP contribution in [0.2, 0.25) is 0 Å². The highest BCUT2D eigenvalue weighted by molar-refractivity contribution is 5.55. The summed E-state index contributed by atoms with van der Waals surface area (Å²) >= 11 is 0. The van der Waals surface area contributed by atoms with Crippen LogP contribution in [0.4, 0.5) is 5.69 Å². The predicted molar refractivity (Wildman–Crippen MR) is 84.7 cm³/mol. The summed E-state index contributed by atoms with van der Waals surface area (Å²) in [4.78, 5) is 4.70. The van der Waals surface area contributed by atoms with Gasteiger partial charge in [0.25, 0.3) is 0 Å². The average molecular weight is 258 g/mol. The molecule has 2 nitrogen and oxygen atoms in total. The highest BCUT2D eigenvalue weighted by atomic mass is 15.1. The maximum atomic E-state index is 2.57. The van der Waals surface area contributed by atoms with Crippen molar-refractivity contribution in [1.82, 2.24) is 4.90 Å². The van der Waals surface area contributed by atoms with Crippen molar-refractivity contribution in [1.29, 1.82) is 0 Å². The number of rotatable bonds is 4. The second-order valence-corrected chi connectivity index (χ2v) is 5.60. The van der Waals surface area contributed by atoms with Crippen molar-refractivity contribution >= 4 is 11.8 Å². The standard InChI is InChI=1S/C17H26N2/c1-18(2)17-11-9-16(10-12-17)8-7-15-19-13-5-3-4-6-14-19/h7-12H,3-6,13-15H2,1-2H3. The Morgan fingerprint density at radius 3 is 2.21 bits per heavy atom. The Hall–Kier alpha value is -1.28. The molecular weight excluding hydrogens is 232 g/mol. The molecule has 2 rings (SSSR count). The molecular formula is C17H26N2. The maximum Gasteiger partial charge on any atom is 0.0361 e. The Kier molecular flexibility index (Phi) is 5.46. The monoisotopic (exact) mass is 258 g/mol. The minimum absolute atomic E-state index is 1.09. The fourth-order valence-electron chi connectivity index (χ4n) is 2.54. The molecule has 2 heteroatoms. The highest BCUT2D eigenvalue weighted by Crippen LogP contribution is 2.13. The number of nitrogens with zero attached hydrogens (tertiary/aromatic N) is 2. The van der Waals surface area contributed by atoms with Gasteiger partial charge in [-0.05, 0) is 43.6 Å². The van der Waals surface area contributed by atoms with Gasteiger partial charge in [-0.25, -0.2) is 0 Å². The minimum atomic E-state index is 1.09. The summed E-state index contributed by atoms with van der Waals surface area (Å²) in [5.74, 6) is 0. The van der Waals surface area contributed by atoms with E-state index in [0.29, 0.717) is 0 Å². The summed E-state index contributed by atoms with van der Waals surface area (Å²) in [6.07, 6.45) is 10.1. The molecule has 0 spiro atoms. The van der Waals surface area contributed by atoms with E-state index in [4.69, 9.17) is 0 Å². The van der Waals surface area contributed by atoms with Gasteiger partial charge in [0.05, 0.1) is 0 Å². The lowest BCUT2D eigenvalue weighted by Gasteiger charge is -2.17. The van der Waals surface area contributed by atoms with Crippen molar-refractivity contribution in [3.63, 3.8) is 0 Å². The molecule has 0 bridgehead atoms. The van der Waals surface area contributed by atoms with Crippen LogP contribution >= 0.6 is 0 Å². The van der Waals surface area contributed by atoms with E-state index >= 15 is 0 Å². The maximum absolute atomic E-state index is 2.57. The molecule has 0 atom stereocenters. The molecule has 1 aromatic rings. The molecule has 104 valence electrons. The molecule has 0 radical (unpaired) electrons. The van der Waals surface area contributed by atoms with Gasteiger partial charge in [-0.3, -0.25) is 4.90 Å². The Labute approximate surface area is 117 Å². The first-order chi connectivity index (χ1) is 9.25. The average Bonchev–Trinajstić information content (AvgIpc) is 2.68. The summed E-state index contributed by atoms with van der Waals surface area (Å²) in [7, 11) is 4.15. The lowest BCUT2D eigenvalue weighted by atomic mass is 10.2. The van der Waals surface area contributed by atoms with E-state index < -0.39 is 0 Å². The third-order valence-electron chi connectivity index (χ3n) is 3.78. The van der Waals surface area contributed by atoms with Crippen LogP contribution in [0.3, 0.4) is 0 Å². The Balaban J connectivity index is 1.84. The minimum Gasteiger partial charge on any atom is -0.378 e. The van der Waals surface area contributed by atoms with Crippen LogP contribution < -0.4 is 4.90 Å². The van der Waals surface area contributed by atoms with Crippen molar-refractivity contribution < 1.29 is 0 Å². The predicted octanol–water partition coefficient (Wildman–Crippen LogP) is 3.64. The zero-order chi connectivity index (χ0) is 13.5. The number of hydrogen-bond acceptors (Lipinski definition) is 2. The van der Waals surface area contributed by atoms with Crippen molar-refractivity contribution in [2.75, 3.05) is 38.6 Å². The zero-order valence-electron chi connectivity index (χ0n) is 12.3. The first-order valence-corrected chi connectivity index (χ1v) is 7.42. The molecule has 0 aromatic heterocycles. The van der Waals surface area contributed by atoms with Gasteiger partial charge in [-0.2, -0.15) is 0 Å². The molecule has 0 unspecified atom stereocenters. The summed E-state index contributed by atoms with van der Waals surface area (Å²) < 4.78 is 0. The summed E-state index contributed by atoms with van der Waals surface area (Å²) in [6, 6.07) is 8.72. The van der Waals surface area contributed by atoms with Crippen molar-refractivity contribution in [3.8, 4) is 0 Å². The normalized spacial score (nSPS) is 17.6. The van der Waals surface area contributed by atoms with Crippen LogP contribution in [0.15, 0.2) is 30.3 Å². The molecule has 19 heavy (non-hydrogen) atoms. The number of hydrogen-bond donors (Lipinski definition) is 0. The molecule has 0 amide bonds. The molecule has 1 fully saturated rings. The second-order valence-electron chi connectivity index (χ2n) is 5.60. The lowest BCUT2D eigenvalue weighted by molar-refractivity contribution is 0.316. The zero-order valence-corrected chi connectivity index (χ0v) is 12.3. The van der Waals surface area contributed by atoms with E-state index in [9.17, 15) is 0 Å². The summed E-state index contributed by atoms with van der Waals surface area (Å²) in [5, 5.41) is 0. The van der Waals surface area contributed by atoms with Crippen molar-refractivity contribution in [3.05, 3.63) is 35.9 Å². The van der Waals surface area contributed by atoms with E-state index in [-0.39, 0.29) is 0 Å². The van der Waals surface area contributed by atoms with Gasteiger partial charge in [-0.15, -0.1) is 0 Å². The number of anilines is 1. The lowest BCUT2D eigenvalue weighted by Crippen LogP contribution is -2.24. The molecule has 1 aromatic carbocycles. The number of benzene rings is 1. The summed E-state index contributed by atoms with van der Waals surface area (Å²) in [5.41, 5.74) is 2.55. The Bertz CT molecular complexity index is 384. The van der Waals surface area contributed by atoms with E-state index in [0.717, 1.165) is 6.54 Å². The number of likely N-dealkylation sites (tertiary alicyclic amines) is 1. The van der Waals surface area contributed by atoms with Crippen LogP contribution in [0.5, 0.6) is 0 Å². The summed E-state index contributed by atoms with van der Waals surface area (Å²) in [6.45, 7) is 3.63. The van der Waals surface area contributed by atoms with E-state index in [2.05, 4.69) is 60.3 Å². The Morgan fingerprint density at radius 2 is 1.63 bits per heavy atom. The molecule has 0 saturated carbocycles. The van der Waals surface area contributed by atoms with Crippen LogP contribution in [-0.2, 0) is 0 Å². The second kappa shape index (κ2) is 7.34. The molecule has 1 aliphatic heterocycles.